The fourth-order valence-electron chi connectivity index (χ4n) is 2.33. The number of aromatic hydroxyl groups is 1. The standard InChI is InChI=1S/C14H19N3O2.C4H6O6/c15-6-1-2-14(19)16-7-5-10-9-17-13-4-3-11(18)8-12(10)13;5-1(3(7)8)2(6)4(9)10/h3-4,8-9,17-18H,1-2,5-7,15H2,(H,16,19);1-2,5-6H,(H,7,8)(H,9,10)/t;1-,2-/m.1/s1. The zero-order valence-electron chi connectivity index (χ0n) is 15.5. The molecule has 0 aliphatic heterocycles. The summed E-state index contributed by atoms with van der Waals surface area (Å²) in [6, 6.07) is 5.22. The predicted octanol–water partition coefficient (Wildman–Crippen LogP) is -0.851. The quantitative estimate of drug-likeness (QED) is 0.258. The highest BCUT2D eigenvalue weighted by Crippen LogP contribution is 2.22. The van der Waals surface area contributed by atoms with Crippen LogP contribution in [-0.2, 0) is 20.8 Å². The van der Waals surface area contributed by atoms with E-state index < -0.39 is 24.1 Å². The first kappa shape index (κ1) is 23.9. The molecule has 160 valence electrons. The summed E-state index contributed by atoms with van der Waals surface area (Å²) < 4.78 is 0. The number of benzene rings is 1. The van der Waals surface area contributed by atoms with Gasteiger partial charge in [0.2, 0.25) is 5.91 Å². The number of phenols is 1. The van der Waals surface area contributed by atoms with E-state index in [1.807, 2.05) is 12.3 Å². The van der Waals surface area contributed by atoms with Crippen molar-refractivity contribution in [2.24, 2.45) is 5.73 Å². The first-order valence-corrected chi connectivity index (χ1v) is 8.74. The van der Waals surface area contributed by atoms with E-state index in [-0.39, 0.29) is 11.7 Å². The Morgan fingerprint density at radius 2 is 1.72 bits per heavy atom. The normalized spacial score (nSPS) is 12.5. The number of amides is 1. The van der Waals surface area contributed by atoms with Gasteiger partial charge in [0.25, 0.3) is 0 Å². The van der Waals surface area contributed by atoms with E-state index in [1.54, 1.807) is 12.1 Å². The molecule has 2 atom stereocenters. The molecule has 0 fully saturated rings. The highest BCUT2D eigenvalue weighted by atomic mass is 16.4. The van der Waals surface area contributed by atoms with Crippen LogP contribution in [0.3, 0.4) is 0 Å². The first-order chi connectivity index (χ1) is 13.7. The van der Waals surface area contributed by atoms with E-state index in [4.69, 9.17) is 26.2 Å². The van der Waals surface area contributed by atoms with Gasteiger partial charge in [-0.25, -0.2) is 9.59 Å². The highest BCUT2D eigenvalue weighted by molar-refractivity contribution is 5.85. The minimum atomic E-state index is -2.27. The second-order valence-electron chi connectivity index (χ2n) is 6.10. The second kappa shape index (κ2) is 11.6. The molecule has 1 amide bonds. The molecule has 0 aliphatic carbocycles. The minimum absolute atomic E-state index is 0.0353. The number of aliphatic hydroxyl groups excluding tert-OH is 2. The lowest BCUT2D eigenvalue weighted by atomic mass is 10.1. The summed E-state index contributed by atoms with van der Waals surface area (Å²) in [5.41, 5.74) is 7.43. The molecule has 1 heterocycles. The monoisotopic (exact) mass is 411 g/mol. The second-order valence-corrected chi connectivity index (χ2v) is 6.10. The van der Waals surface area contributed by atoms with E-state index in [9.17, 15) is 19.5 Å². The van der Waals surface area contributed by atoms with Gasteiger partial charge in [-0.3, -0.25) is 4.79 Å². The highest BCUT2D eigenvalue weighted by Gasteiger charge is 2.29. The third-order valence-corrected chi connectivity index (χ3v) is 3.88. The molecular weight excluding hydrogens is 386 g/mol. The lowest BCUT2D eigenvalue weighted by Gasteiger charge is -2.07. The third-order valence-electron chi connectivity index (χ3n) is 3.88. The number of nitrogens with one attached hydrogen (secondary N) is 2. The molecule has 2 rings (SSSR count). The molecule has 0 saturated heterocycles. The summed E-state index contributed by atoms with van der Waals surface area (Å²) in [6.45, 7) is 1.13. The summed E-state index contributed by atoms with van der Waals surface area (Å²) >= 11 is 0. The molecule has 0 saturated carbocycles. The molecule has 0 bridgehead atoms. The summed E-state index contributed by atoms with van der Waals surface area (Å²) in [4.78, 5) is 34.1. The van der Waals surface area contributed by atoms with Crippen LogP contribution in [0.25, 0.3) is 10.9 Å². The van der Waals surface area contributed by atoms with Crippen molar-refractivity contribution in [3.8, 4) is 5.75 Å². The van der Waals surface area contributed by atoms with Crippen LogP contribution in [0.1, 0.15) is 18.4 Å². The molecule has 0 radical (unpaired) electrons. The van der Waals surface area contributed by atoms with Crippen LogP contribution >= 0.6 is 0 Å². The molecule has 11 nitrogen and oxygen atoms in total. The Hall–Kier alpha value is -3.15. The van der Waals surface area contributed by atoms with Crippen molar-refractivity contribution in [2.75, 3.05) is 13.1 Å². The van der Waals surface area contributed by atoms with E-state index in [1.165, 1.54) is 0 Å². The summed E-state index contributed by atoms with van der Waals surface area (Å²) in [7, 11) is 0. The van der Waals surface area contributed by atoms with Crippen LogP contribution in [-0.4, -0.2) is 73.7 Å². The number of carbonyl (C=O) groups excluding carboxylic acids is 1. The number of nitrogens with two attached hydrogens (primary N) is 1. The number of carbonyl (C=O) groups is 3. The van der Waals surface area contributed by atoms with Crippen molar-refractivity contribution in [2.45, 2.75) is 31.5 Å². The Morgan fingerprint density at radius 1 is 1.10 bits per heavy atom. The van der Waals surface area contributed by atoms with Crippen LogP contribution in [0.2, 0.25) is 0 Å². The number of H-pyrrole nitrogens is 1. The molecule has 9 N–H and O–H groups in total. The van der Waals surface area contributed by atoms with Crippen LogP contribution in [0.5, 0.6) is 5.75 Å². The minimum Gasteiger partial charge on any atom is -0.508 e. The number of carboxylic acids is 2. The van der Waals surface area contributed by atoms with E-state index >= 15 is 0 Å². The number of rotatable bonds is 9. The Balaban J connectivity index is 0.000000359. The van der Waals surface area contributed by atoms with Crippen molar-refractivity contribution < 1.29 is 39.9 Å². The number of carboxylic acid groups (broad SMARTS) is 2. The molecule has 2 aromatic rings. The van der Waals surface area contributed by atoms with Crippen LogP contribution in [0, 0.1) is 0 Å². The summed E-state index contributed by atoms with van der Waals surface area (Å²) in [5.74, 6) is -3.25. The number of aromatic nitrogens is 1. The van der Waals surface area contributed by atoms with Crippen LogP contribution in [0.4, 0.5) is 0 Å². The van der Waals surface area contributed by atoms with E-state index in [0.29, 0.717) is 25.9 Å². The summed E-state index contributed by atoms with van der Waals surface area (Å²) in [6.07, 6.45) is -0.693. The zero-order valence-corrected chi connectivity index (χ0v) is 15.5. The Bertz CT molecular complexity index is 818. The summed E-state index contributed by atoms with van der Waals surface area (Å²) in [5, 5.41) is 45.9. The number of hydrogen-bond donors (Lipinski definition) is 8. The SMILES string of the molecule is NCCCC(=O)NCCc1c[nH]c2ccc(O)cc12.O=C(O)[C@H](O)[C@@H](O)C(=O)O. The van der Waals surface area contributed by atoms with Crippen molar-refractivity contribution in [3.05, 3.63) is 30.0 Å². The molecule has 1 aromatic heterocycles. The number of phenolic OH excluding ortho intramolecular Hbond substituents is 1. The zero-order chi connectivity index (χ0) is 22.0. The average Bonchev–Trinajstić information content (AvgIpc) is 3.07. The van der Waals surface area contributed by atoms with Crippen molar-refractivity contribution in [1.29, 1.82) is 0 Å². The lowest BCUT2D eigenvalue weighted by molar-refractivity contribution is -0.165. The fraction of sp³-hybridized carbons (Fsp3) is 0.389. The van der Waals surface area contributed by atoms with Gasteiger partial charge >= 0.3 is 11.9 Å². The Morgan fingerprint density at radius 3 is 2.28 bits per heavy atom. The van der Waals surface area contributed by atoms with E-state index in [2.05, 4.69) is 10.3 Å². The van der Waals surface area contributed by atoms with E-state index in [0.717, 1.165) is 22.9 Å². The van der Waals surface area contributed by atoms with Crippen molar-refractivity contribution >= 4 is 28.7 Å². The largest absolute Gasteiger partial charge is 0.508 e. The number of aliphatic hydroxyl groups is 2. The van der Waals surface area contributed by atoms with Gasteiger partial charge in [0.15, 0.2) is 12.2 Å². The van der Waals surface area contributed by atoms with Crippen LogP contribution in [0.15, 0.2) is 24.4 Å². The van der Waals surface area contributed by atoms with Crippen molar-refractivity contribution in [3.63, 3.8) is 0 Å². The van der Waals surface area contributed by atoms with Crippen LogP contribution < -0.4 is 11.1 Å². The van der Waals surface area contributed by atoms with Gasteiger partial charge in [-0.15, -0.1) is 0 Å². The fourth-order valence-corrected chi connectivity index (χ4v) is 2.33. The maximum absolute atomic E-state index is 11.4. The predicted molar refractivity (Wildman–Crippen MR) is 102 cm³/mol. The lowest BCUT2D eigenvalue weighted by Crippen LogP contribution is -2.39. The van der Waals surface area contributed by atoms with Gasteiger partial charge in [0.05, 0.1) is 0 Å². The Kier molecular flexibility index (Phi) is 9.59. The van der Waals surface area contributed by atoms with Gasteiger partial charge < -0.3 is 41.6 Å². The number of aliphatic carboxylic acids is 2. The van der Waals surface area contributed by atoms with Gasteiger partial charge in [-0.2, -0.15) is 0 Å². The molecule has 0 unspecified atom stereocenters. The first-order valence-electron chi connectivity index (χ1n) is 8.74. The average molecular weight is 411 g/mol. The van der Waals surface area contributed by atoms with Gasteiger partial charge in [0, 0.05) is 30.1 Å². The number of hydrogen-bond acceptors (Lipinski definition) is 7. The van der Waals surface area contributed by atoms with Gasteiger partial charge in [0.1, 0.15) is 5.75 Å². The number of fused-ring (bicyclic) bond motifs is 1. The molecule has 0 aliphatic rings. The molecule has 11 heteroatoms. The maximum atomic E-state index is 11.4. The molecule has 1 aromatic carbocycles. The molecular formula is C18H25N3O8. The smallest absolute Gasteiger partial charge is 0.335 e. The van der Waals surface area contributed by atoms with Gasteiger partial charge in [-0.05, 0) is 43.1 Å². The van der Waals surface area contributed by atoms with Crippen molar-refractivity contribution in [1.82, 2.24) is 10.3 Å². The Labute approximate surface area is 165 Å². The molecule has 29 heavy (non-hydrogen) atoms. The maximum Gasteiger partial charge on any atom is 0.335 e. The number of aromatic amines is 1. The third kappa shape index (κ3) is 7.78. The molecule has 0 spiro atoms. The van der Waals surface area contributed by atoms with Gasteiger partial charge in [-0.1, -0.05) is 0 Å². The topological polar surface area (TPSA) is 206 Å².